The van der Waals surface area contributed by atoms with Gasteiger partial charge in [0.25, 0.3) is 0 Å². The van der Waals surface area contributed by atoms with Gasteiger partial charge in [-0.1, -0.05) is 20.8 Å². The summed E-state index contributed by atoms with van der Waals surface area (Å²) in [4.78, 5) is 26.8. The predicted molar refractivity (Wildman–Crippen MR) is 99.3 cm³/mol. The molecule has 2 aliphatic rings. The van der Waals surface area contributed by atoms with Crippen molar-refractivity contribution in [2.24, 2.45) is 11.3 Å². The van der Waals surface area contributed by atoms with Gasteiger partial charge in [0.05, 0.1) is 5.92 Å². The molecule has 2 amide bonds. The highest BCUT2D eigenvalue weighted by Crippen LogP contribution is 2.37. The van der Waals surface area contributed by atoms with Gasteiger partial charge in [-0.25, -0.2) is 0 Å². The van der Waals surface area contributed by atoms with Gasteiger partial charge in [0.1, 0.15) is 0 Å². The number of hydrogen-bond acceptors (Lipinski definition) is 4. The second-order valence-corrected chi connectivity index (χ2v) is 9.05. The fourth-order valence-electron chi connectivity index (χ4n) is 3.99. The molecular weight excluding hydrogens is 332 g/mol. The van der Waals surface area contributed by atoms with E-state index in [9.17, 15) is 9.59 Å². The zero-order valence-corrected chi connectivity index (χ0v) is 16.2. The Labute approximate surface area is 154 Å². The molecule has 0 aliphatic carbocycles. The molecule has 0 unspecified atom stereocenters. The summed E-state index contributed by atoms with van der Waals surface area (Å²) in [6, 6.07) is 5.42. The maximum atomic E-state index is 12.7. The van der Waals surface area contributed by atoms with E-state index >= 15 is 0 Å². The van der Waals surface area contributed by atoms with Crippen molar-refractivity contribution in [2.45, 2.75) is 53.0 Å². The van der Waals surface area contributed by atoms with E-state index in [1.807, 2.05) is 19.9 Å². The smallest absolute Gasteiger partial charge is 0.231 e. The van der Waals surface area contributed by atoms with Crippen LogP contribution in [-0.2, 0) is 9.59 Å². The summed E-state index contributed by atoms with van der Waals surface area (Å²) in [7, 11) is 0. The van der Waals surface area contributed by atoms with E-state index < -0.39 is 0 Å². The van der Waals surface area contributed by atoms with Crippen molar-refractivity contribution in [1.29, 1.82) is 0 Å². The van der Waals surface area contributed by atoms with Crippen LogP contribution in [0.3, 0.4) is 0 Å². The van der Waals surface area contributed by atoms with Gasteiger partial charge < -0.3 is 19.7 Å². The third kappa shape index (κ3) is 4.11. The SMILES string of the molecule is CC(C)(C)CC(C)(C)NC(=O)[C@@H]1CC(=O)N(c2ccc3c(c2)OCO3)C1. The number of carbonyl (C=O) groups is 2. The molecule has 0 spiro atoms. The third-order valence-corrected chi connectivity index (χ3v) is 4.60. The van der Waals surface area contributed by atoms with Gasteiger partial charge >= 0.3 is 0 Å². The van der Waals surface area contributed by atoms with Crippen molar-refractivity contribution in [3.05, 3.63) is 18.2 Å². The van der Waals surface area contributed by atoms with Crippen molar-refractivity contribution in [3.63, 3.8) is 0 Å². The van der Waals surface area contributed by atoms with Gasteiger partial charge in [0, 0.05) is 30.3 Å². The van der Waals surface area contributed by atoms with Crippen LogP contribution in [0, 0.1) is 11.3 Å². The lowest BCUT2D eigenvalue weighted by Crippen LogP contribution is -2.48. The van der Waals surface area contributed by atoms with Crippen molar-refractivity contribution in [2.75, 3.05) is 18.2 Å². The highest BCUT2D eigenvalue weighted by atomic mass is 16.7. The van der Waals surface area contributed by atoms with E-state index in [0.29, 0.717) is 18.0 Å². The fourth-order valence-corrected chi connectivity index (χ4v) is 3.99. The third-order valence-electron chi connectivity index (χ3n) is 4.60. The van der Waals surface area contributed by atoms with E-state index in [1.54, 1.807) is 17.0 Å². The Bertz CT molecular complexity index is 721. The number of fused-ring (bicyclic) bond motifs is 1. The number of nitrogens with zero attached hydrogens (tertiary/aromatic N) is 1. The summed E-state index contributed by atoms with van der Waals surface area (Å²) in [6.07, 6.45) is 1.09. The van der Waals surface area contributed by atoms with Gasteiger partial charge in [-0.2, -0.15) is 0 Å². The summed E-state index contributed by atoms with van der Waals surface area (Å²) in [5.74, 6) is 0.869. The van der Waals surface area contributed by atoms with Gasteiger partial charge in [-0.3, -0.25) is 9.59 Å². The van der Waals surface area contributed by atoms with Gasteiger partial charge in [0.2, 0.25) is 18.6 Å². The summed E-state index contributed by atoms with van der Waals surface area (Å²) >= 11 is 0. The molecule has 0 radical (unpaired) electrons. The number of benzene rings is 1. The molecule has 2 heterocycles. The molecule has 6 heteroatoms. The van der Waals surface area contributed by atoms with E-state index in [0.717, 1.165) is 12.1 Å². The molecule has 1 atom stereocenters. The first-order valence-corrected chi connectivity index (χ1v) is 9.06. The zero-order chi connectivity index (χ0) is 19.1. The summed E-state index contributed by atoms with van der Waals surface area (Å²) in [5, 5.41) is 3.13. The standard InChI is InChI=1S/C20H28N2O4/c1-19(2,3)11-20(4,5)21-18(24)13-8-17(23)22(10-13)14-6-7-15-16(9-14)26-12-25-15/h6-7,9,13H,8,10-12H2,1-5H3,(H,21,24)/t13-/m1/s1. The van der Waals surface area contributed by atoms with Crippen LogP contribution in [0.15, 0.2) is 18.2 Å². The Hall–Kier alpha value is -2.24. The van der Waals surface area contributed by atoms with Crippen molar-refractivity contribution < 1.29 is 19.1 Å². The number of carbonyl (C=O) groups excluding carboxylic acids is 2. The van der Waals surface area contributed by atoms with Crippen LogP contribution in [0.5, 0.6) is 11.5 Å². The normalized spacial score (nSPS) is 19.8. The van der Waals surface area contributed by atoms with Crippen LogP contribution in [0.4, 0.5) is 5.69 Å². The molecular formula is C20H28N2O4. The second-order valence-electron chi connectivity index (χ2n) is 9.05. The minimum atomic E-state index is -0.341. The molecule has 1 saturated heterocycles. The van der Waals surface area contributed by atoms with E-state index in [-0.39, 0.29) is 41.9 Å². The lowest BCUT2D eigenvalue weighted by atomic mass is 9.81. The zero-order valence-electron chi connectivity index (χ0n) is 16.2. The van der Waals surface area contributed by atoms with E-state index in [1.165, 1.54) is 0 Å². The molecule has 0 saturated carbocycles. The Morgan fingerprint density at radius 1 is 1.19 bits per heavy atom. The summed E-state index contributed by atoms with van der Waals surface area (Å²) in [5.41, 5.74) is 0.536. The number of ether oxygens (including phenoxy) is 2. The molecule has 0 aromatic heterocycles. The van der Waals surface area contributed by atoms with Crippen LogP contribution >= 0.6 is 0 Å². The van der Waals surface area contributed by atoms with E-state index in [4.69, 9.17) is 9.47 Å². The molecule has 0 bridgehead atoms. The average molecular weight is 360 g/mol. The number of amides is 2. The molecule has 26 heavy (non-hydrogen) atoms. The van der Waals surface area contributed by atoms with Gasteiger partial charge in [0.15, 0.2) is 11.5 Å². The number of anilines is 1. The second kappa shape index (κ2) is 6.49. The fraction of sp³-hybridized carbons (Fsp3) is 0.600. The first-order chi connectivity index (χ1) is 12.0. The van der Waals surface area contributed by atoms with Gasteiger partial charge in [-0.15, -0.1) is 0 Å². The van der Waals surface area contributed by atoms with Crippen molar-refractivity contribution in [3.8, 4) is 11.5 Å². The summed E-state index contributed by atoms with van der Waals surface area (Å²) < 4.78 is 10.7. The molecule has 2 aliphatic heterocycles. The highest BCUT2D eigenvalue weighted by Gasteiger charge is 2.38. The highest BCUT2D eigenvalue weighted by molar-refractivity contribution is 6.00. The van der Waals surface area contributed by atoms with Crippen LogP contribution in [-0.4, -0.2) is 30.7 Å². The monoisotopic (exact) mass is 360 g/mol. The lowest BCUT2D eigenvalue weighted by molar-refractivity contribution is -0.128. The first kappa shape index (κ1) is 18.5. The van der Waals surface area contributed by atoms with E-state index in [2.05, 4.69) is 26.1 Å². The van der Waals surface area contributed by atoms with Crippen molar-refractivity contribution in [1.82, 2.24) is 5.32 Å². The van der Waals surface area contributed by atoms with Crippen molar-refractivity contribution >= 4 is 17.5 Å². The molecule has 1 N–H and O–H groups in total. The molecule has 1 aromatic carbocycles. The Balaban J connectivity index is 1.66. The Kier molecular flexibility index (Phi) is 4.63. The topological polar surface area (TPSA) is 67.9 Å². The number of nitrogens with one attached hydrogen (secondary N) is 1. The Morgan fingerprint density at radius 2 is 1.88 bits per heavy atom. The largest absolute Gasteiger partial charge is 0.454 e. The van der Waals surface area contributed by atoms with Crippen LogP contribution < -0.4 is 19.7 Å². The van der Waals surface area contributed by atoms with Crippen LogP contribution in [0.2, 0.25) is 0 Å². The molecule has 6 nitrogen and oxygen atoms in total. The minimum Gasteiger partial charge on any atom is -0.454 e. The quantitative estimate of drug-likeness (QED) is 0.896. The lowest BCUT2D eigenvalue weighted by Gasteiger charge is -2.34. The average Bonchev–Trinajstić information content (AvgIpc) is 3.09. The summed E-state index contributed by atoms with van der Waals surface area (Å²) in [6.45, 7) is 11.1. The van der Waals surface area contributed by atoms with Crippen LogP contribution in [0.1, 0.15) is 47.5 Å². The predicted octanol–water partition coefficient (Wildman–Crippen LogP) is 3.10. The maximum absolute atomic E-state index is 12.7. The van der Waals surface area contributed by atoms with Gasteiger partial charge in [-0.05, 0) is 37.8 Å². The molecule has 142 valence electrons. The molecule has 1 aromatic rings. The number of rotatable bonds is 4. The Morgan fingerprint density at radius 3 is 2.58 bits per heavy atom. The maximum Gasteiger partial charge on any atom is 0.231 e. The molecule has 1 fully saturated rings. The number of hydrogen-bond donors (Lipinski definition) is 1. The minimum absolute atomic E-state index is 0.0438. The van der Waals surface area contributed by atoms with Crippen LogP contribution in [0.25, 0.3) is 0 Å². The first-order valence-electron chi connectivity index (χ1n) is 9.06. The molecule has 3 rings (SSSR count).